The molecule has 212 valence electrons. The lowest BCUT2D eigenvalue weighted by Gasteiger charge is -2.42. The fourth-order valence-electron chi connectivity index (χ4n) is 4.93. The Labute approximate surface area is 231 Å². The fraction of sp³-hybridized carbons (Fsp3) is 0.269. The molecule has 1 saturated heterocycles. The molecule has 1 fully saturated rings. The van der Waals surface area contributed by atoms with Gasteiger partial charge in [-0.05, 0) is 36.2 Å². The minimum absolute atomic E-state index is 0.112. The summed E-state index contributed by atoms with van der Waals surface area (Å²) in [6.45, 7) is 0.797. The van der Waals surface area contributed by atoms with E-state index in [4.69, 9.17) is 11.6 Å². The minimum atomic E-state index is -5.20. The highest BCUT2D eigenvalue weighted by Crippen LogP contribution is 2.40. The summed E-state index contributed by atoms with van der Waals surface area (Å²) in [5, 5.41) is 13.8. The number of nitrogens with zero attached hydrogens (tertiary/aromatic N) is 4. The van der Waals surface area contributed by atoms with E-state index in [9.17, 15) is 35.5 Å². The standard InChI is InChI=1S/C26H22ClF5N4O3S/c1-40(38,39)34-9-10-35(17(14-34)11-15-5-3-2-4-6-15)16-7-8-20-18(12-16)25(27)33-36(20)21-13-19(26(30,31)32)22(28)24(37)23(21)29/h2-8,12-13,17,37H,9-11,14H2,1H3/t17-/m1/s1. The summed E-state index contributed by atoms with van der Waals surface area (Å²) in [6.07, 6.45) is -3.52. The topological polar surface area (TPSA) is 78.7 Å². The Morgan fingerprint density at radius 2 is 1.75 bits per heavy atom. The van der Waals surface area contributed by atoms with E-state index >= 15 is 0 Å². The summed E-state index contributed by atoms with van der Waals surface area (Å²) in [5.41, 5.74) is -0.945. The first kappa shape index (κ1) is 28.1. The third kappa shape index (κ3) is 5.20. The molecule has 1 N–H and O–H groups in total. The predicted octanol–water partition coefficient (Wildman–Crippen LogP) is 5.37. The van der Waals surface area contributed by atoms with Crippen molar-refractivity contribution in [1.29, 1.82) is 0 Å². The summed E-state index contributed by atoms with van der Waals surface area (Å²) < 4.78 is 95.6. The number of aromatic nitrogens is 2. The van der Waals surface area contributed by atoms with Gasteiger partial charge in [0, 0.05) is 36.7 Å². The zero-order valence-electron chi connectivity index (χ0n) is 20.8. The number of fused-ring (bicyclic) bond motifs is 1. The Balaban J connectivity index is 1.57. The van der Waals surface area contributed by atoms with E-state index in [1.54, 1.807) is 12.1 Å². The quantitative estimate of drug-likeness (QED) is 0.312. The molecular weight excluding hydrogens is 579 g/mol. The lowest BCUT2D eigenvalue weighted by molar-refractivity contribution is -0.140. The molecule has 40 heavy (non-hydrogen) atoms. The number of hydrogen-bond acceptors (Lipinski definition) is 5. The van der Waals surface area contributed by atoms with E-state index in [0.29, 0.717) is 18.7 Å². The molecule has 1 atom stereocenters. The van der Waals surface area contributed by atoms with Crippen LogP contribution < -0.4 is 4.90 Å². The zero-order valence-corrected chi connectivity index (χ0v) is 22.4. The molecule has 0 unspecified atom stereocenters. The van der Waals surface area contributed by atoms with E-state index in [1.165, 1.54) is 10.4 Å². The van der Waals surface area contributed by atoms with Gasteiger partial charge in [-0.2, -0.15) is 22.6 Å². The van der Waals surface area contributed by atoms with Gasteiger partial charge in [0.25, 0.3) is 0 Å². The molecule has 0 amide bonds. The summed E-state index contributed by atoms with van der Waals surface area (Å²) >= 11 is 6.32. The molecule has 0 aliphatic carbocycles. The highest BCUT2D eigenvalue weighted by atomic mass is 35.5. The second-order valence-corrected chi connectivity index (χ2v) is 11.8. The maximum absolute atomic E-state index is 14.8. The van der Waals surface area contributed by atoms with Crippen LogP contribution in [0, 0.1) is 11.6 Å². The van der Waals surface area contributed by atoms with Crippen LogP contribution in [0.3, 0.4) is 0 Å². The molecule has 4 aromatic rings. The number of piperazine rings is 1. The normalized spacial score (nSPS) is 17.1. The third-order valence-electron chi connectivity index (χ3n) is 6.87. The Hall–Kier alpha value is -3.42. The second kappa shape index (κ2) is 10.2. The number of sulfonamides is 1. The molecule has 14 heteroatoms. The van der Waals surface area contributed by atoms with Gasteiger partial charge in [0.05, 0.1) is 17.3 Å². The van der Waals surface area contributed by atoms with Crippen LogP contribution in [-0.2, 0) is 22.6 Å². The van der Waals surface area contributed by atoms with Crippen LogP contribution >= 0.6 is 11.6 Å². The number of halogens is 6. The average Bonchev–Trinajstić information content (AvgIpc) is 3.22. The van der Waals surface area contributed by atoms with Crippen molar-refractivity contribution in [3.8, 4) is 11.4 Å². The number of benzene rings is 3. The second-order valence-electron chi connectivity index (χ2n) is 9.48. The maximum atomic E-state index is 14.8. The monoisotopic (exact) mass is 600 g/mol. The van der Waals surface area contributed by atoms with Crippen LogP contribution in [0.25, 0.3) is 16.6 Å². The Morgan fingerprint density at radius 3 is 2.40 bits per heavy atom. The van der Waals surface area contributed by atoms with E-state index in [1.807, 2.05) is 35.2 Å². The van der Waals surface area contributed by atoms with E-state index in [2.05, 4.69) is 5.10 Å². The summed E-state index contributed by atoms with van der Waals surface area (Å²) in [5.74, 6) is -5.54. The van der Waals surface area contributed by atoms with Gasteiger partial charge in [-0.3, -0.25) is 0 Å². The van der Waals surface area contributed by atoms with Crippen LogP contribution in [0.5, 0.6) is 5.75 Å². The van der Waals surface area contributed by atoms with Gasteiger partial charge in [-0.25, -0.2) is 21.9 Å². The molecule has 7 nitrogen and oxygen atoms in total. The molecule has 0 saturated carbocycles. The summed E-state index contributed by atoms with van der Waals surface area (Å²) in [4.78, 5) is 2.01. The van der Waals surface area contributed by atoms with Gasteiger partial charge in [0.1, 0.15) is 5.69 Å². The molecule has 0 bridgehead atoms. The number of phenolic OH excluding ortho intramolecular Hbond substituents is 1. The molecule has 0 spiro atoms. The number of alkyl halides is 3. The summed E-state index contributed by atoms with van der Waals surface area (Å²) in [7, 11) is -3.44. The van der Waals surface area contributed by atoms with Gasteiger partial charge in [-0.15, -0.1) is 0 Å². The Kier molecular flexibility index (Phi) is 7.17. The number of phenols is 1. The van der Waals surface area contributed by atoms with Crippen molar-refractivity contribution in [3.05, 3.63) is 82.5 Å². The minimum Gasteiger partial charge on any atom is -0.503 e. The van der Waals surface area contributed by atoms with Crippen LogP contribution in [0.4, 0.5) is 27.6 Å². The first-order chi connectivity index (χ1) is 18.8. The van der Waals surface area contributed by atoms with Crippen LogP contribution in [0.2, 0.25) is 5.15 Å². The highest BCUT2D eigenvalue weighted by Gasteiger charge is 2.38. The van der Waals surface area contributed by atoms with Gasteiger partial charge < -0.3 is 10.0 Å². The third-order valence-corrected chi connectivity index (χ3v) is 8.42. The molecule has 5 rings (SSSR count). The van der Waals surface area contributed by atoms with Crippen LogP contribution in [0.15, 0.2) is 54.6 Å². The molecule has 1 aliphatic heterocycles. The van der Waals surface area contributed by atoms with Crippen molar-refractivity contribution >= 4 is 38.2 Å². The molecule has 2 heterocycles. The van der Waals surface area contributed by atoms with Crippen molar-refractivity contribution < 1.29 is 35.5 Å². The Bertz CT molecular complexity index is 1700. The van der Waals surface area contributed by atoms with Crippen molar-refractivity contribution in [2.75, 3.05) is 30.8 Å². The number of rotatable bonds is 5. The lowest BCUT2D eigenvalue weighted by Crippen LogP contribution is -2.55. The van der Waals surface area contributed by atoms with Gasteiger partial charge in [0.2, 0.25) is 10.0 Å². The number of aromatic hydroxyl groups is 1. The largest absolute Gasteiger partial charge is 0.503 e. The smallest absolute Gasteiger partial charge is 0.419 e. The predicted molar refractivity (Wildman–Crippen MR) is 140 cm³/mol. The van der Waals surface area contributed by atoms with E-state index < -0.39 is 44.8 Å². The van der Waals surface area contributed by atoms with Crippen LogP contribution in [-0.4, -0.2) is 59.5 Å². The van der Waals surface area contributed by atoms with Gasteiger partial charge >= 0.3 is 6.18 Å². The van der Waals surface area contributed by atoms with Crippen molar-refractivity contribution in [3.63, 3.8) is 0 Å². The molecule has 3 aromatic carbocycles. The fourth-order valence-corrected chi connectivity index (χ4v) is 6.01. The molecule has 0 radical (unpaired) electrons. The zero-order chi connectivity index (χ0) is 29.0. The van der Waals surface area contributed by atoms with Gasteiger partial charge in [-0.1, -0.05) is 41.9 Å². The van der Waals surface area contributed by atoms with Crippen molar-refractivity contribution in [1.82, 2.24) is 14.1 Å². The Morgan fingerprint density at radius 1 is 1.05 bits per heavy atom. The highest BCUT2D eigenvalue weighted by molar-refractivity contribution is 7.88. The molecule has 1 aliphatic rings. The first-order valence-electron chi connectivity index (χ1n) is 12.0. The maximum Gasteiger partial charge on any atom is 0.419 e. The van der Waals surface area contributed by atoms with Crippen molar-refractivity contribution in [2.24, 2.45) is 0 Å². The first-order valence-corrected chi connectivity index (χ1v) is 14.2. The van der Waals surface area contributed by atoms with Crippen LogP contribution in [0.1, 0.15) is 11.1 Å². The molecule has 1 aromatic heterocycles. The van der Waals surface area contributed by atoms with Crippen molar-refractivity contribution in [2.45, 2.75) is 18.6 Å². The lowest BCUT2D eigenvalue weighted by atomic mass is 10.0. The number of anilines is 1. The summed E-state index contributed by atoms with van der Waals surface area (Å²) in [6, 6.07) is 14.2. The average molecular weight is 601 g/mol. The molecular formula is C26H22ClF5N4O3S. The van der Waals surface area contributed by atoms with E-state index in [0.717, 1.165) is 16.5 Å². The number of hydrogen-bond donors (Lipinski definition) is 1. The SMILES string of the molecule is CS(=O)(=O)N1CCN(c2ccc3c(c2)c(Cl)nn3-c2cc(C(F)(F)F)c(F)c(O)c2F)[C@H](Cc2ccccc2)C1. The van der Waals surface area contributed by atoms with E-state index in [-0.39, 0.29) is 41.3 Å². The van der Waals surface area contributed by atoms with Gasteiger partial charge in [0.15, 0.2) is 22.5 Å².